The lowest BCUT2D eigenvalue weighted by Crippen LogP contribution is -2.03. The molecule has 0 aliphatic heterocycles. The molecule has 1 N–H and O–H groups in total. The largest absolute Gasteiger partial charge is 0.497 e. The van der Waals surface area contributed by atoms with Gasteiger partial charge in [-0.2, -0.15) is 0 Å². The summed E-state index contributed by atoms with van der Waals surface area (Å²) in [4.78, 5) is 0. The normalized spacial score (nSPS) is 12.3. The van der Waals surface area contributed by atoms with Crippen molar-refractivity contribution in [3.63, 3.8) is 0 Å². The lowest BCUT2D eigenvalue weighted by atomic mass is 10.0. The van der Waals surface area contributed by atoms with E-state index >= 15 is 0 Å². The molecule has 0 saturated heterocycles. The molecule has 0 aliphatic carbocycles. The second kappa shape index (κ2) is 6.03. The maximum Gasteiger partial charge on any atom is 0.133 e. The highest BCUT2D eigenvalue weighted by atomic mass is 79.9. The minimum atomic E-state index is -1.03. The lowest BCUT2D eigenvalue weighted by molar-refractivity contribution is 0.214. The number of aliphatic hydroxyl groups excluding tert-OH is 1. The van der Waals surface area contributed by atoms with E-state index in [4.69, 9.17) is 4.74 Å². The Morgan fingerprint density at radius 1 is 1.11 bits per heavy atom. The summed E-state index contributed by atoms with van der Waals surface area (Å²) >= 11 is 6.69. The Balaban J connectivity index is 2.41. The maximum absolute atomic E-state index is 13.9. The van der Waals surface area contributed by atoms with Crippen LogP contribution >= 0.6 is 31.9 Å². The molecular weight excluding hydrogens is 379 g/mol. The Kier molecular flexibility index (Phi) is 4.60. The molecule has 0 amide bonds. The van der Waals surface area contributed by atoms with Gasteiger partial charge in [0.05, 0.1) is 7.11 Å². The summed E-state index contributed by atoms with van der Waals surface area (Å²) in [5.74, 6) is -0.0787. The van der Waals surface area contributed by atoms with Crippen LogP contribution in [0.4, 0.5) is 4.39 Å². The van der Waals surface area contributed by atoms with Crippen LogP contribution in [0.1, 0.15) is 17.2 Å². The van der Waals surface area contributed by atoms with Crippen molar-refractivity contribution >= 4 is 31.9 Å². The number of aliphatic hydroxyl groups is 1. The fourth-order valence-electron chi connectivity index (χ4n) is 1.75. The highest BCUT2D eigenvalue weighted by Gasteiger charge is 2.18. The van der Waals surface area contributed by atoms with Gasteiger partial charge in [0.15, 0.2) is 0 Å². The van der Waals surface area contributed by atoms with E-state index in [0.717, 1.165) is 4.47 Å². The van der Waals surface area contributed by atoms with Crippen LogP contribution in [0.5, 0.6) is 5.75 Å². The van der Waals surface area contributed by atoms with Crippen LogP contribution in [-0.2, 0) is 0 Å². The van der Waals surface area contributed by atoms with Crippen molar-refractivity contribution in [2.75, 3.05) is 7.11 Å². The molecule has 2 aromatic carbocycles. The first-order valence-electron chi connectivity index (χ1n) is 5.49. The molecule has 0 fully saturated rings. The summed E-state index contributed by atoms with van der Waals surface area (Å²) in [7, 11) is 1.47. The van der Waals surface area contributed by atoms with Crippen molar-refractivity contribution in [3.8, 4) is 5.75 Å². The van der Waals surface area contributed by atoms with E-state index in [-0.39, 0.29) is 5.56 Å². The quantitative estimate of drug-likeness (QED) is 0.840. The third-order valence-electron chi connectivity index (χ3n) is 2.76. The van der Waals surface area contributed by atoms with Crippen LogP contribution in [0.3, 0.4) is 0 Å². The maximum atomic E-state index is 13.9. The molecule has 0 aromatic heterocycles. The molecule has 0 aliphatic rings. The molecule has 1 atom stereocenters. The van der Waals surface area contributed by atoms with Crippen molar-refractivity contribution in [1.82, 2.24) is 0 Å². The summed E-state index contributed by atoms with van der Waals surface area (Å²) in [6.45, 7) is 0. The second-order valence-corrected chi connectivity index (χ2v) is 5.73. The van der Waals surface area contributed by atoms with Crippen molar-refractivity contribution in [2.24, 2.45) is 0 Å². The van der Waals surface area contributed by atoms with Crippen molar-refractivity contribution in [3.05, 3.63) is 62.3 Å². The fraction of sp³-hybridized carbons (Fsp3) is 0.143. The number of hydrogen-bond donors (Lipinski definition) is 1. The van der Waals surface area contributed by atoms with Crippen molar-refractivity contribution in [1.29, 1.82) is 0 Å². The van der Waals surface area contributed by atoms with E-state index in [0.29, 0.717) is 15.8 Å². The third kappa shape index (κ3) is 3.16. The van der Waals surface area contributed by atoms with Crippen molar-refractivity contribution in [2.45, 2.75) is 6.10 Å². The van der Waals surface area contributed by atoms with Gasteiger partial charge in [-0.15, -0.1) is 0 Å². The number of methoxy groups -OCH3 is 1. The molecule has 2 aromatic rings. The Morgan fingerprint density at radius 2 is 1.79 bits per heavy atom. The van der Waals surface area contributed by atoms with Crippen LogP contribution in [0.2, 0.25) is 0 Å². The molecule has 5 heteroatoms. The molecule has 0 saturated carbocycles. The molecule has 0 radical (unpaired) electrons. The number of rotatable bonds is 3. The zero-order chi connectivity index (χ0) is 14.0. The summed E-state index contributed by atoms with van der Waals surface area (Å²) in [5.41, 5.74) is 0.816. The van der Waals surface area contributed by atoms with Gasteiger partial charge in [-0.1, -0.05) is 37.9 Å². The van der Waals surface area contributed by atoms with Gasteiger partial charge in [0.25, 0.3) is 0 Å². The monoisotopic (exact) mass is 388 g/mol. The number of hydrogen-bond acceptors (Lipinski definition) is 2. The van der Waals surface area contributed by atoms with Crippen molar-refractivity contribution < 1.29 is 14.2 Å². The van der Waals surface area contributed by atoms with Gasteiger partial charge in [0.2, 0.25) is 0 Å². The van der Waals surface area contributed by atoms with Gasteiger partial charge in [-0.3, -0.25) is 0 Å². The Bertz CT molecular complexity index is 602. The molecule has 0 spiro atoms. The Morgan fingerprint density at radius 3 is 2.37 bits per heavy atom. The van der Waals surface area contributed by atoms with E-state index in [1.807, 2.05) is 0 Å². The molecule has 1 unspecified atom stereocenters. The first-order valence-corrected chi connectivity index (χ1v) is 7.08. The highest BCUT2D eigenvalue weighted by Crippen LogP contribution is 2.32. The van der Waals surface area contributed by atoms with E-state index in [2.05, 4.69) is 31.9 Å². The van der Waals surface area contributed by atoms with Gasteiger partial charge in [-0.25, -0.2) is 4.39 Å². The van der Waals surface area contributed by atoms with Gasteiger partial charge in [0.1, 0.15) is 17.7 Å². The van der Waals surface area contributed by atoms with Gasteiger partial charge in [-0.05, 0) is 29.8 Å². The van der Waals surface area contributed by atoms with Gasteiger partial charge in [0, 0.05) is 20.6 Å². The summed E-state index contributed by atoms with van der Waals surface area (Å²) in [6.07, 6.45) is -1.03. The van der Waals surface area contributed by atoms with Crippen LogP contribution in [0.15, 0.2) is 45.3 Å². The van der Waals surface area contributed by atoms with E-state index < -0.39 is 11.9 Å². The Hall–Kier alpha value is -0.910. The van der Waals surface area contributed by atoms with Crippen LogP contribution < -0.4 is 4.74 Å². The summed E-state index contributed by atoms with van der Waals surface area (Å²) in [5, 5.41) is 10.3. The second-order valence-electron chi connectivity index (χ2n) is 3.96. The van der Waals surface area contributed by atoms with Gasteiger partial charge < -0.3 is 9.84 Å². The van der Waals surface area contributed by atoms with Gasteiger partial charge >= 0.3 is 0 Å². The van der Waals surface area contributed by atoms with E-state index in [1.165, 1.54) is 19.2 Å². The van der Waals surface area contributed by atoms with E-state index in [9.17, 15) is 9.50 Å². The molecule has 2 nitrogen and oxygen atoms in total. The average Bonchev–Trinajstić information content (AvgIpc) is 2.37. The molecular formula is C14H11Br2FO2. The highest BCUT2D eigenvalue weighted by molar-refractivity contribution is 9.11. The third-order valence-corrected chi connectivity index (χ3v) is 3.94. The molecule has 2 rings (SSSR count). The van der Waals surface area contributed by atoms with Crippen LogP contribution in [0, 0.1) is 5.82 Å². The number of ether oxygens (including phenoxy) is 1. The summed E-state index contributed by atoms with van der Waals surface area (Å²) < 4.78 is 20.5. The Labute approximate surface area is 127 Å². The smallest absolute Gasteiger partial charge is 0.133 e. The zero-order valence-electron chi connectivity index (χ0n) is 10.0. The topological polar surface area (TPSA) is 29.5 Å². The molecule has 100 valence electrons. The number of benzene rings is 2. The van der Waals surface area contributed by atoms with Crippen LogP contribution in [-0.4, -0.2) is 12.2 Å². The minimum absolute atomic E-state index is 0.212. The fourth-order valence-corrected chi connectivity index (χ4v) is 3.01. The molecule has 19 heavy (non-hydrogen) atoms. The zero-order valence-corrected chi connectivity index (χ0v) is 13.2. The average molecular weight is 390 g/mol. The number of halogens is 3. The minimum Gasteiger partial charge on any atom is -0.497 e. The predicted molar refractivity (Wildman–Crippen MR) is 78.9 cm³/mol. The SMILES string of the molecule is COc1ccc(C(O)c2ccc(Br)cc2Br)c(F)c1. The predicted octanol–water partition coefficient (Wildman–Crippen LogP) is 4.44. The first kappa shape index (κ1) is 14.5. The molecule has 0 bridgehead atoms. The first-order chi connectivity index (χ1) is 9.02. The lowest BCUT2D eigenvalue weighted by Gasteiger charge is -2.15. The summed E-state index contributed by atoms with van der Waals surface area (Å²) in [6, 6.07) is 9.74. The standard InChI is InChI=1S/C14H11Br2FO2/c1-19-9-3-5-11(13(17)7-9)14(18)10-4-2-8(15)6-12(10)16/h2-7,14,18H,1H3. The van der Waals surface area contributed by atoms with E-state index in [1.54, 1.807) is 24.3 Å². The van der Waals surface area contributed by atoms with Crippen LogP contribution in [0.25, 0.3) is 0 Å². The molecule has 0 heterocycles.